The number of rotatable bonds is 5. The molecule has 3 aromatic rings. The van der Waals surface area contributed by atoms with Gasteiger partial charge in [0.15, 0.2) is 5.75 Å². The predicted molar refractivity (Wildman–Crippen MR) is 110 cm³/mol. The van der Waals surface area contributed by atoms with Crippen LogP contribution in [-0.2, 0) is 6.54 Å². The van der Waals surface area contributed by atoms with Crippen LogP contribution in [0.15, 0.2) is 61.2 Å². The maximum absolute atomic E-state index is 12.4. The molecule has 0 atom stereocenters. The molecule has 2 aromatic heterocycles. The van der Waals surface area contributed by atoms with Crippen molar-refractivity contribution in [3.8, 4) is 23.6 Å². The Kier molecular flexibility index (Phi) is 6.30. The number of hydrogen-bond donors (Lipinski definition) is 0. The van der Waals surface area contributed by atoms with E-state index in [1.807, 2.05) is 30.3 Å². The standard InChI is InChI=1S/C22H20N6O3/c23-13-18-12-20(15-24-14-18)31-22(29)28-9-7-27(8-10-28)16-17-3-1-4-19(11-17)30-21-25-5-2-6-26-21/h1-6,11-12,14-15H,7-10,16H2. The van der Waals surface area contributed by atoms with E-state index < -0.39 is 6.09 Å². The van der Waals surface area contributed by atoms with Crippen molar-refractivity contribution in [3.63, 3.8) is 0 Å². The van der Waals surface area contributed by atoms with E-state index in [2.05, 4.69) is 19.9 Å². The minimum absolute atomic E-state index is 0.269. The number of carbonyl (C=O) groups is 1. The highest BCUT2D eigenvalue weighted by molar-refractivity contribution is 5.70. The van der Waals surface area contributed by atoms with Crippen molar-refractivity contribution in [2.45, 2.75) is 6.54 Å². The average Bonchev–Trinajstić information content (AvgIpc) is 2.80. The van der Waals surface area contributed by atoms with Gasteiger partial charge in [0.1, 0.15) is 11.8 Å². The lowest BCUT2D eigenvalue weighted by Crippen LogP contribution is -2.49. The van der Waals surface area contributed by atoms with Crippen LogP contribution in [0.1, 0.15) is 11.1 Å². The molecule has 0 bridgehead atoms. The summed E-state index contributed by atoms with van der Waals surface area (Å²) in [7, 11) is 0. The number of aromatic nitrogens is 3. The second kappa shape index (κ2) is 9.65. The number of nitrogens with zero attached hydrogens (tertiary/aromatic N) is 6. The molecule has 1 fully saturated rings. The van der Waals surface area contributed by atoms with Crippen molar-refractivity contribution in [2.75, 3.05) is 26.2 Å². The van der Waals surface area contributed by atoms with Crippen LogP contribution in [0.4, 0.5) is 4.79 Å². The van der Waals surface area contributed by atoms with E-state index in [0.717, 1.165) is 25.2 Å². The molecular formula is C22H20N6O3. The van der Waals surface area contributed by atoms with Gasteiger partial charge in [-0.3, -0.25) is 9.88 Å². The van der Waals surface area contributed by atoms with Gasteiger partial charge in [0, 0.05) is 57.4 Å². The molecule has 156 valence electrons. The maximum atomic E-state index is 12.4. The Hall–Kier alpha value is -4.03. The summed E-state index contributed by atoms with van der Waals surface area (Å²) in [4.78, 5) is 28.4. The fourth-order valence-corrected chi connectivity index (χ4v) is 3.20. The maximum Gasteiger partial charge on any atom is 0.415 e. The highest BCUT2D eigenvalue weighted by Crippen LogP contribution is 2.20. The summed E-state index contributed by atoms with van der Waals surface area (Å²) < 4.78 is 11.0. The Labute approximate surface area is 179 Å². The van der Waals surface area contributed by atoms with Gasteiger partial charge in [0.2, 0.25) is 0 Å². The lowest BCUT2D eigenvalue weighted by molar-refractivity contribution is 0.108. The van der Waals surface area contributed by atoms with Crippen molar-refractivity contribution >= 4 is 6.09 Å². The fraction of sp³-hybridized carbons (Fsp3) is 0.227. The molecule has 1 saturated heterocycles. The number of benzene rings is 1. The molecule has 0 aliphatic carbocycles. The molecule has 1 aliphatic heterocycles. The van der Waals surface area contributed by atoms with Crippen molar-refractivity contribution in [1.82, 2.24) is 24.8 Å². The van der Waals surface area contributed by atoms with Gasteiger partial charge in [-0.25, -0.2) is 14.8 Å². The lowest BCUT2D eigenvalue weighted by Gasteiger charge is -2.34. The highest BCUT2D eigenvalue weighted by atomic mass is 16.6. The molecule has 1 amide bonds. The zero-order valence-electron chi connectivity index (χ0n) is 16.7. The first-order valence-corrected chi connectivity index (χ1v) is 9.78. The molecular weight excluding hydrogens is 396 g/mol. The van der Waals surface area contributed by atoms with Crippen LogP contribution in [-0.4, -0.2) is 57.0 Å². The Morgan fingerprint density at radius 2 is 1.84 bits per heavy atom. The van der Waals surface area contributed by atoms with E-state index in [1.165, 1.54) is 18.5 Å². The summed E-state index contributed by atoms with van der Waals surface area (Å²) in [6, 6.07) is 13.3. The molecule has 31 heavy (non-hydrogen) atoms. The molecule has 0 spiro atoms. The zero-order chi connectivity index (χ0) is 21.5. The summed E-state index contributed by atoms with van der Waals surface area (Å²) in [5.74, 6) is 0.949. The summed E-state index contributed by atoms with van der Waals surface area (Å²) in [6.45, 7) is 3.29. The number of nitriles is 1. The van der Waals surface area contributed by atoms with E-state index in [4.69, 9.17) is 14.7 Å². The largest absolute Gasteiger partial charge is 0.424 e. The summed E-state index contributed by atoms with van der Waals surface area (Å²) in [5, 5.41) is 8.93. The molecule has 3 heterocycles. The molecule has 9 heteroatoms. The Balaban J connectivity index is 1.28. The summed E-state index contributed by atoms with van der Waals surface area (Å²) in [5.41, 5.74) is 1.45. The van der Waals surface area contributed by atoms with Gasteiger partial charge in [0.25, 0.3) is 0 Å². The van der Waals surface area contributed by atoms with Gasteiger partial charge in [0.05, 0.1) is 11.8 Å². The monoisotopic (exact) mass is 416 g/mol. The Bertz CT molecular complexity index is 1080. The van der Waals surface area contributed by atoms with Crippen molar-refractivity contribution in [1.29, 1.82) is 5.26 Å². The van der Waals surface area contributed by atoms with Gasteiger partial charge < -0.3 is 14.4 Å². The minimum Gasteiger partial charge on any atom is -0.424 e. The first kappa shape index (κ1) is 20.3. The lowest BCUT2D eigenvalue weighted by atomic mass is 10.2. The van der Waals surface area contributed by atoms with Gasteiger partial charge in [-0.15, -0.1) is 0 Å². The number of ether oxygens (including phenoxy) is 2. The SMILES string of the molecule is N#Cc1cncc(OC(=O)N2CCN(Cc3cccc(Oc4ncccn4)c3)CC2)c1. The van der Waals surface area contributed by atoms with Crippen LogP contribution in [0.5, 0.6) is 17.5 Å². The molecule has 0 saturated carbocycles. The van der Waals surface area contributed by atoms with E-state index in [-0.39, 0.29) is 5.75 Å². The average molecular weight is 416 g/mol. The molecule has 4 rings (SSSR count). The van der Waals surface area contributed by atoms with E-state index >= 15 is 0 Å². The van der Waals surface area contributed by atoms with Crippen molar-refractivity contribution in [3.05, 3.63) is 72.3 Å². The predicted octanol–water partition coefficient (Wildman–Crippen LogP) is 2.85. The second-order valence-electron chi connectivity index (χ2n) is 6.93. The Morgan fingerprint density at radius 3 is 2.61 bits per heavy atom. The normalized spacial score (nSPS) is 14.0. The van der Waals surface area contributed by atoms with Gasteiger partial charge in [-0.05, 0) is 23.8 Å². The number of amides is 1. The van der Waals surface area contributed by atoms with Crippen LogP contribution in [0.2, 0.25) is 0 Å². The summed E-state index contributed by atoms with van der Waals surface area (Å²) in [6.07, 6.45) is 5.67. The minimum atomic E-state index is -0.435. The topological polar surface area (TPSA) is 104 Å². The number of hydrogen-bond acceptors (Lipinski definition) is 8. The van der Waals surface area contributed by atoms with Crippen LogP contribution in [0.25, 0.3) is 0 Å². The number of piperazine rings is 1. The van der Waals surface area contributed by atoms with E-state index in [0.29, 0.717) is 30.4 Å². The summed E-state index contributed by atoms with van der Waals surface area (Å²) >= 11 is 0. The third kappa shape index (κ3) is 5.52. The van der Waals surface area contributed by atoms with Crippen LogP contribution in [0.3, 0.4) is 0 Å². The number of carbonyl (C=O) groups excluding carboxylic acids is 1. The van der Waals surface area contributed by atoms with Gasteiger partial charge in [-0.1, -0.05) is 12.1 Å². The third-order valence-corrected chi connectivity index (χ3v) is 4.73. The third-order valence-electron chi connectivity index (χ3n) is 4.73. The molecule has 0 radical (unpaired) electrons. The fourth-order valence-electron chi connectivity index (χ4n) is 3.20. The first-order valence-electron chi connectivity index (χ1n) is 9.78. The van der Waals surface area contributed by atoms with E-state index in [9.17, 15) is 4.79 Å². The van der Waals surface area contributed by atoms with E-state index in [1.54, 1.807) is 23.4 Å². The quantitative estimate of drug-likeness (QED) is 0.625. The van der Waals surface area contributed by atoms with Gasteiger partial charge in [-0.2, -0.15) is 5.26 Å². The van der Waals surface area contributed by atoms with Crippen molar-refractivity contribution < 1.29 is 14.3 Å². The van der Waals surface area contributed by atoms with Crippen LogP contribution in [0, 0.1) is 11.3 Å². The smallest absolute Gasteiger partial charge is 0.415 e. The van der Waals surface area contributed by atoms with Gasteiger partial charge >= 0.3 is 12.1 Å². The first-order chi connectivity index (χ1) is 15.2. The molecule has 1 aromatic carbocycles. The molecule has 9 nitrogen and oxygen atoms in total. The molecule has 1 aliphatic rings. The Morgan fingerprint density at radius 1 is 1.03 bits per heavy atom. The highest BCUT2D eigenvalue weighted by Gasteiger charge is 2.23. The second-order valence-corrected chi connectivity index (χ2v) is 6.93. The van der Waals surface area contributed by atoms with Crippen LogP contribution < -0.4 is 9.47 Å². The van der Waals surface area contributed by atoms with Crippen molar-refractivity contribution in [2.24, 2.45) is 0 Å². The zero-order valence-corrected chi connectivity index (χ0v) is 16.7. The number of pyridine rings is 1. The molecule has 0 N–H and O–H groups in total. The van der Waals surface area contributed by atoms with Crippen LogP contribution >= 0.6 is 0 Å². The molecule has 0 unspecified atom stereocenters.